The second kappa shape index (κ2) is 3.97. The van der Waals surface area contributed by atoms with Gasteiger partial charge in [0.15, 0.2) is 0 Å². The molecule has 2 heteroatoms. The van der Waals surface area contributed by atoms with Gasteiger partial charge in [-0.3, -0.25) is 0 Å². The van der Waals surface area contributed by atoms with E-state index < -0.39 is 0 Å². The Labute approximate surface area is 80.3 Å². The first-order chi connectivity index (χ1) is 6.29. The van der Waals surface area contributed by atoms with Crippen LogP contribution >= 0.6 is 0 Å². The fourth-order valence-corrected chi connectivity index (χ4v) is 2.74. The van der Waals surface area contributed by atoms with Crippen molar-refractivity contribution in [1.29, 1.82) is 0 Å². The molecule has 1 aliphatic carbocycles. The summed E-state index contributed by atoms with van der Waals surface area (Å²) in [5.41, 5.74) is -0.328. The molecule has 0 bridgehead atoms. The highest BCUT2D eigenvalue weighted by Gasteiger charge is 2.34. The van der Waals surface area contributed by atoms with Gasteiger partial charge in [-0.25, -0.2) is 0 Å². The summed E-state index contributed by atoms with van der Waals surface area (Å²) in [6, 6.07) is 0. The maximum absolute atomic E-state index is 10.2. The second-order valence-electron chi connectivity index (χ2n) is 4.72. The molecule has 13 heavy (non-hydrogen) atoms. The summed E-state index contributed by atoms with van der Waals surface area (Å²) >= 11 is 0. The van der Waals surface area contributed by atoms with Crippen molar-refractivity contribution in [3.63, 3.8) is 0 Å². The number of hydrogen-bond donors (Lipinski definition) is 1. The Morgan fingerprint density at radius 1 is 1.23 bits per heavy atom. The average Bonchev–Trinajstić information content (AvgIpc) is 2.54. The van der Waals surface area contributed by atoms with E-state index in [1.807, 2.05) is 0 Å². The molecule has 1 aliphatic heterocycles. The van der Waals surface area contributed by atoms with Crippen LogP contribution in [0, 0.1) is 5.92 Å². The predicted octanol–water partition coefficient (Wildman–Crippen LogP) is 2.11. The fourth-order valence-electron chi connectivity index (χ4n) is 2.74. The Morgan fingerprint density at radius 2 is 2.00 bits per heavy atom. The molecule has 0 radical (unpaired) electrons. The van der Waals surface area contributed by atoms with E-state index in [0.717, 1.165) is 32.5 Å². The number of aliphatic hydroxyl groups is 1. The molecule has 1 saturated heterocycles. The van der Waals surface area contributed by atoms with E-state index in [2.05, 4.69) is 0 Å². The molecule has 0 aromatic rings. The lowest BCUT2D eigenvalue weighted by molar-refractivity contribution is -0.0178. The molecular formula is C11H20O2. The van der Waals surface area contributed by atoms with Gasteiger partial charge in [-0.05, 0) is 38.0 Å². The lowest BCUT2D eigenvalue weighted by atomic mass is 9.86. The molecule has 2 fully saturated rings. The summed E-state index contributed by atoms with van der Waals surface area (Å²) < 4.78 is 5.43. The highest BCUT2D eigenvalue weighted by atomic mass is 16.5. The molecule has 1 unspecified atom stereocenters. The highest BCUT2D eigenvalue weighted by Crippen LogP contribution is 2.36. The van der Waals surface area contributed by atoms with E-state index in [1.54, 1.807) is 0 Å². The molecule has 1 heterocycles. The predicted molar refractivity (Wildman–Crippen MR) is 51.6 cm³/mol. The number of hydrogen-bond acceptors (Lipinski definition) is 2. The first-order valence-corrected chi connectivity index (χ1v) is 5.59. The highest BCUT2D eigenvalue weighted by molar-refractivity contribution is 4.86. The molecule has 0 aromatic heterocycles. The van der Waals surface area contributed by atoms with Crippen LogP contribution in [0.5, 0.6) is 0 Å². The van der Waals surface area contributed by atoms with Gasteiger partial charge in [-0.1, -0.05) is 12.8 Å². The standard InChI is InChI=1S/C11H20O2/c12-11(5-1-2-6-11)8-10-4-3-7-13-9-10/h10,12H,1-9H2. The van der Waals surface area contributed by atoms with Crippen LogP contribution in [0.15, 0.2) is 0 Å². The van der Waals surface area contributed by atoms with E-state index in [1.165, 1.54) is 25.7 Å². The van der Waals surface area contributed by atoms with Gasteiger partial charge in [0.2, 0.25) is 0 Å². The number of rotatable bonds is 2. The van der Waals surface area contributed by atoms with Crippen LogP contribution in [-0.2, 0) is 4.74 Å². The van der Waals surface area contributed by atoms with E-state index in [9.17, 15) is 5.11 Å². The Morgan fingerprint density at radius 3 is 2.62 bits per heavy atom. The Kier molecular flexibility index (Phi) is 2.89. The quantitative estimate of drug-likeness (QED) is 0.712. The Balaban J connectivity index is 1.81. The normalized spacial score (nSPS) is 33.5. The van der Waals surface area contributed by atoms with Gasteiger partial charge in [0.1, 0.15) is 0 Å². The molecule has 0 aromatic carbocycles. The summed E-state index contributed by atoms with van der Waals surface area (Å²) in [5, 5.41) is 10.2. The third-order valence-electron chi connectivity index (χ3n) is 3.46. The monoisotopic (exact) mass is 184 g/mol. The fraction of sp³-hybridized carbons (Fsp3) is 1.00. The van der Waals surface area contributed by atoms with Crippen LogP contribution in [-0.4, -0.2) is 23.9 Å². The van der Waals surface area contributed by atoms with Gasteiger partial charge in [-0.15, -0.1) is 0 Å². The first-order valence-electron chi connectivity index (χ1n) is 5.59. The van der Waals surface area contributed by atoms with Crippen LogP contribution < -0.4 is 0 Å². The molecule has 2 nitrogen and oxygen atoms in total. The largest absolute Gasteiger partial charge is 0.390 e. The van der Waals surface area contributed by atoms with Gasteiger partial charge in [0.05, 0.1) is 5.60 Å². The zero-order valence-electron chi connectivity index (χ0n) is 8.30. The minimum atomic E-state index is -0.328. The van der Waals surface area contributed by atoms with E-state index in [-0.39, 0.29) is 5.60 Å². The van der Waals surface area contributed by atoms with Crippen molar-refractivity contribution in [2.45, 2.75) is 50.5 Å². The van der Waals surface area contributed by atoms with Gasteiger partial charge >= 0.3 is 0 Å². The maximum Gasteiger partial charge on any atom is 0.0651 e. The van der Waals surface area contributed by atoms with E-state index >= 15 is 0 Å². The molecule has 0 amide bonds. The topological polar surface area (TPSA) is 29.5 Å². The van der Waals surface area contributed by atoms with Gasteiger partial charge in [0.25, 0.3) is 0 Å². The third kappa shape index (κ3) is 2.44. The molecular weight excluding hydrogens is 164 g/mol. The maximum atomic E-state index is 10.2. The first kappa shape index (κ1) is 9.47. The van der Waals surface area contributed by atoms with Crippen molar-refractivity contribution >= 4 is 0 Å². The van der Waals surface area contributed by atoms with Gasteiger partial charge < -0.3 is 9.84 Å². The zero-order valence-corrected chi connectivity index (χ0v) is 8.30. The van der Waals surface area contributed by atoms with Crippen LogP contribution in [0.2, 0.25) is 0 Å². The van der Waals surface area contributed by atoms with Crippen molar-refractivity contribution in [2.24, 2.45) is 5.92 Å². The molecule has 1 atom stereocenters. The minimum absolute atomic E-state index is 0.328. The molecule has 0 spiro atoms. The van der Waals surface area contributed by atoms with Gasteiger partial charge in [-0.2, -0.15) is 0 Å². The molecule has 2 aliphatic rings. The van der Waals surface area contributed by atoms with E-state index in [0.29, 0.717) is 5.92 Å². The van der Waals surface area contributed by atoms with Crippen LogP contribution in [0.4, 0.5) is 0 Å². The van der Waals surface area contributed by atoms with Crippen molar-refractivity contribution in [3.05, 3.63) is 0 Å². The average molecular weight is 184 g/mol. The van der Waals surface area contributed by atoms with Crippen LogP contribution in [0.25, 0.3) is 0 Å². The SMILES string of the molecule is OC1(CC2CCCOC2)CCCC1. The lowest BCUT2D eigenvalue weighted by Crippen LogP contribution is -2.31. The summed E-state index contributed by atoms with van der Waals surface area (Å²) in [7, 11) is 0. The number of ether oxygens (including phenoxy) is 1. The van der Waals surface area contributed by atoms with Crippen molar-refractivity contribution in [3.8, 4) is 0 Å². The molecule has 1 N–H and O–H groups in total. The lowest BCUT2D eigenvalue weighted by Gasteiger charge is -2.30. The van der Waals surface area contributed by atoms with Gasteiger partial charge in [0, 0.05) is 13.2 Å². The molecule has 2 rings (SSSR count). The van der Waals surface area contributed by atoms with Crippen molar-refractivity contribution in [2.75, 3.05) is 13.2 Å². The van der Waals surface area contributed by atoms with Crippen LogP contribution in [0.1, 0.15) is 44.9 Å². The Hall–Kier alpha value is -0.0800. The second-order valence-corrected chi connectivity index (χ2v) is 4.72. The minimum Gasteiger partial charge on any atom is -0.390 e. The van der Waals surface area contributed by atoms with Crippen molar-refractivity contribution in [1.82, 2.24) is 0 Å². The van der Waals surface area contributed by atoms with Crippen molar-refractivity contribution < 1.29 is 9.84 Å². The van der Waals surface area contributed by atoms with Crippen LogP contribution in [0.3, 0.4) is 0 Å². The molecule has 76 valence electrons. The smallest absolute Gasteiger partial charge is 0.0651 e. The zero-order chi connectivity index (χ0) is 9.15. The third-order valence-corrected chi connectivity index (χ3v) is 3.46. The molecule has 1 saturated carbocycles. The van der Waals surface area contributed by atoms with E-state index in [4.69, 9.17) is 4.74 Å². The summed E-state index contributed by atoms with van der Waals surface area (Å²) in [5.74, 6) is 0.622. The Bertz CT molecular complexity index is 155. The summed E-state index contributed by atoms with van der Waals surface area (Å²) in [6.45, 7) is 1.80. The summed E-state index contributed by atoms with van der Waals surface area (Å²) in [6.07, 6.45) is 7.87. The summed E-state index contributed by atoms with van der Waals surface area (Å²) in [4.78, 5) is 0.